The van der Waals surface area contributed by atoms with Gasteiger partial charge in [0.05, 0.1) is 11.5 Å². The van der Waals surface area contributed by atoms with E-state index in [4.69, 9.17) is 16.3 Å². The van der Waals surface area contributed by atoms with Crippen molar-refractivity contribution in [3.05, 3.63) is 32.8 Å². The van der Waals surface area contributed by atoms with E-state index in [1.54, 1.807) is 6.92 Å². The van der Waals surface area contributed by atoms with E-state index in [0.29, 0.717) is 0 Å². The molecule has 0 fully saturated rings. The van der Waals surface area contributed by atoms with Crippen LogP contribution in [0.2, 0.25) is 5.02 Å². The maximum atomic E-state index is 11.2. The van der Waals surface area contributed by atoms with Crippen molar-refractivity contribution in [3.8, 4) is 5.75 Å². The zero-order valence-electron chi connectivity index (χ0n) is 8.82. The highest BCUT2D eigenvalue weighted by Crippen LogP contribution is 2.37. The van der Waals surface area contributed by atoms with E-state index < -0.39 is 4.92 Å². The van der Waals surface area contributed by atoms with E-state index in [-0.39, 0.29) is 34.4 Å². The summed E-state index contributed by atoms with van der Waals surface area (Å²) in [5.74, 6) is -0.317. The van der Waals surface area contributed by atoms with Gasteiger partial charge in [0.1, 0.15) is 5.02 Å². The molecule has 16 heavy (non-hydrogen) atoms. The molecule has 0 unspecified atom stereocenters. The molecule has 0 aliphatic heterocycles. The molecule has 5 nitrogen and oxygen atoms in total. The lowest BCUT2D eigenvalue weighted by Crippen LogP contribution is -2.02. The Hall–Kier alpha value is -1.62. The van der Waals surface area contributed by atoms with Crippen LogP contribution in [0.25, 0.3) is 0 Å². The highest BCUT2D eigenvalue weighted by atomic mass is 35.5. The first-order valence-corrected chi connectivity index (χ1v) is 4.97. The van der Waals surface area contributed by atoms with Crippen molar-refractivity contribution < 1.29 is 14.5 Å². The second-order valence-corrected chi connectivity index (χ2v) is 3.40. The van der Waals surface area contributed by atoms with Crippen LogP contribution in [-0.4, -0.2) is 17.3 Å². The Balaban J connectivity index is 3.41. The molecule has 6 heteroatoms. The Morgan fingerprint density at radius 2 is 2.19 bits per heavy atom. The monoisotopic (exact) mass is 243 g/mol. The zero-order chi connectivity index (χ0) is 12.3. The summed E-state index contributed by atoms with van der Waals surface area (Å²) in [5.41, 5.74) is -0.0208. The van der Waals surface area contributed by atoms with Crippen molar-refractivity contribution in [1.82, 2.24) is 0 Å². The van der Waals surface area contributed by atoms with Gasteiger partial charge in [-0.3, -0.25) is 14.9 Å². The highest BCUT2D eigenvalue weighted by molar-refractivity contribution is 6.35. The second-order valence-electron chi connectivity index (χ2n) is 3.02. The number of nitrogens with zero attached hydrogens (tertiary/aromatic N) is 1. The van der Waals surface area contributed by atoms with Gasteiger partial charge in [0.25, 0.3) is 0 Å². The summed E-state index contributed by atoms with van der Waals surface area (Å²) in [6.45, 7) is 3.26. The number of Topliss-reactive ketones (excluding diaryl/α,β-unsaturated/α-hetero) is 1. The number of ether oxygens (including phenoxy) is 1. The van der Waals surface area contributed by atoms with Crippen LogP contribution in [0, 0.1) is 10.1 Å². The Morgan fingerprint density at radius 1 is 1.56 bits per heavy atom. The summed E-state index contributed by atoms with van der Waals surface area (Å²) in [4.78, 5) is 21.3. The molecule has 0 bridgehead atoms. The summed E-state index contributed by atoms with van der Waals surface area (Å²) in [6.07, 6.45) is 0. The predicted octanol–water partition coefficient (Wildman–Crippen LogP) is 2.85. The van der Waals surface area contributed by atoms with Crippen molar-refractivity contribution >= 4 is 23.1 Å². The molecule has 1 aromatic rings. The van der Waals surface area contributed by atoms with Crippen molar-refractivity contribution in [2.75, 3.05) is 6.61 Å². The smallest absolute Gasteiger partial charge is 0.312 e. The topological polar surface area (TPSA) is 69.4 Å². The minimum Gasteiger partial charge on any atom is -0.486 e. The van der Waals surface area contributed by atoms with Crippen LogP contribution < -0.4 is 4.74 Å². The van der Waals surface area contributed by atoms with Crippen LogP contribution in [0.3, 0.4) is 0 Å². The number of ketones is 1. The fraction of sp³-hybridized carbons (Fsp3) is 0.300. The standard InChI is InChI=1S/C10H10ClNO4/c1-3-16-10-8(12(14)15)5-4-7(6(2)13)9(10)11/h4-5H,3H2,1-2H3. The third-order valence-corrected chi connectivity index (χ3v) is 2.32. The number of nitro benzene ring substituents is 1. The molecule has 0 aliphatic carbocycles. The number of hydrogen-bond acceptors (Lipinski definition) is 4. The first kappa shape index (κ1) is 12.4. The number of carbonyl (C=O) groups excluding carboxylic acids is 1. The number of hydrogen-bond donors (Lipinski definition) is 0. The van der Waals surface area contributed by atoms with Crippen LogP contribution in [-0.2, 0) is 0 Å². The van der Waals surface area contributed by atoms with Gasteiger partial charge in [-0.05, 0) is 19.9 Å². The first-order valence-electron chi connectivity index (χ1n) is 4.59. The lowest BCUT2D eigenvalue weighted by Gasteiger charge is -2.08. The maximum Gasteiger partial charge on any atom is 0.312 e. The SMILES string of the molecule is CCOc1c([N+](=O)[O-])ccc(C(C)=O)c1Cl. The van der Waals surface area contributed by atoms with Gasteiger partial charge in [-0.25, -0.2) is 0 Å². The second kappa shape index (κ2) is 4.94. The van der Waals surface area contributed by atoms with Gasteiger partial charge in [0, 0.05) is 11.6 Å². The van der Waals surface area contributed by atoms with Gasteiger partial charge in [0.2, 0.25) is 5.75 Å². The van der Waals surface area contributed by atoms with Crippen molar-refractivity contribution in [2.45, 2.75) is 13.8 Å². The number of halogens is 1. The van der Waals surface area contributed by atoms with E-state index in [1.807, 2.05) is 0 Å². The Labute approximate surface area is 97.1 Å². The lowest BCUT2D eigenvalue weighted by atomic mass is 10.1. The maximum absolute atomic E-state index is 11.2. The molecule has 86 valence electrons. The van der Waals surface area contributed by atoms with E-state index in [2.05, 4.69) is 0 Å². The number of nitro groups is 1. The van der Waals surface area contributed by atoms with Gasteiger partial charge < -0.3 is 4.74 Å². The average Bonchev–Trinajstić information content (AvgIpc) is 2.20. The molecular weight excluding hydrogens is 234 g/mol. The summed E-state index contributed by atoms with van der Waals surface area (Å²) < 4.78 is 5.09. The molecule has 0 heterocycles. The Kier molecular flexibility index (Phi) is 3.84. The van der Waals surface area contributed by atoms with Crippen LogP contribution in [0.5, 0.6) is 5.75 Å². The normalized spacial score (nSPS) is 9.94. The largest absolute Gasteiger partial charge is 0.486 e. The first-order chi connectivity index (χ1) is 7.49. The van der Waals surface area contributed by atoms with Crippen LogP contribution in [0.15, 0.2) is 12.1 Å². The number of carbonyl (C=O) groups is 1. The molecule has 0 saturated carbocycles. The fourth-order valence-electron chi connectivity index (χ4n) is 1.24. The minimum absolute atomic E-state index is 0.0106. The molecule has 1 rings (SSSR count). The summed E-state index contributed by atoms with van der Waals surface area (Å²) in [5, 5.41) is 10.7. The predicted molar refractivity (Wildman–Crippen MR) is 59.3 cm³/mol. The number of rotatable bonds is 4. The van der Waals surface area contributed by atoms with Gasteiger partial charge in [-0.2, -0.15) is 0 Å². The molecule has 0 aromatic heterocycles. The lowest BCUT2D eigenvalue weighted by molar-refractivity contribution is -0.385. The van der Waals surface area contributed by atoms with E-state index in [9.17, 15) is 14.9 Å². The Morgan fingerprint density at radius 3 is 2.62 bits per heavy atom. The molecule has 0 N–H and O–H groups in total. The molecule has 0 atom stereocenters. The summed E-state index contributed by atoms with van der Waals surface area (Å²) >= 11 is 5.88. The minimum atomic E-state index is -0.596. The summed E-state index contributed by atoms with van der Waals surface area (Å²) in [6, 6.07) is 2.54. The zero-order valence-corrected chi connectivity index (χ0v) is 9.58. The van der Waals surface area contributed by atoms with E-state index in [0.717, 1.165) is 0 Å². The van der Waals surface area contributed by atoms with Crippen LogP contribution in [0.4, 0.5) is 5.69 Å². The van der Waals surface area contributed by atoms with Crippen molar-refractivity contribution in [3.63, 3.8) is 0 Å². The van der Waals surface area contributed by atoms with Gasteiger partial charge in [-0.1, -0.05) is 11.6 Å². The molecule has 0 aliphatic rings. The van der Waals surface area contributed by atoms with Crippen molar-refractivity contribution in [2.24, 2.45) is 0 Å². The molecule has 0 amide bonds. The summed E-state index contributed by atoms with van der Waals surface area (Å²) in [7, 11) is 0. The molecule has 0 radical (unpaired) electrons. The van der Waals surface area contributed by atoms with E-state index >= 15 is 0 Å². The highest BCUT2D eigenvalue weighted by Gasteiger charge is 2.22. The average molecular weight is 244 g/mol. The Bertz CT molecular complexity index is 445. The van der Waals surface area contributed by atoms with E-state index in [1.165, 1.54) is 19.1 Å². The molecule has 1 aromatic carbocycles. The van der Waals surface area contributed by atoms with Gasteiger partial charge in [0.15, 0.2) is 5.78 Å². The van der Waals surface area contributed by atoms with Crippen molar-refractivity contribution in [1.29, 1.82) is 0 Å². The number of benzene rings is 1. The van der Waals surface area contributed by atoms with Crippen LogP contribution in [0.1, 0.15) is 24.2 Å². The third-order valence-electron chi connectivity index (χ3n) is 1.94. The quantitative estimate of drug-likeness (QED) is 0.463. The fourth-order valence-corrected chi connectivity index (χ4v) is 1.59. The van der Waals surface area contributed by atoms with Gasteiger partial charge >= 0.3 is 5.69 Å². The molecular formula is C10H10ClNO4. The third kappa shape index (κ3) is 2.30. The molecule has 0 spiro atoms. The van der Waals surface area contributed by atoms with Crippen LogP contribution >= 0.6 is 11.6 Å². The van der Waals surface area contributed by atoms with Gasteiger partial charge in [-0.15, -0.1) is 0 Å². The molecule has 0 saturated heterocycles.